The van der Waals surface area contributed by atoms with E-state index in [4.69, 9.17) is 4.74 Å². The maximum Gasteiger partial charge on any atom is 0.421 e. The van der Waals surface area contributed by atoms with Gasteiger partial charge in [-0.2, -0.15) is 13.2 Å². The SMILES string of the molecule is CC/C=C(\C)CC=C=Cc1cc(OC)c(C(O)(CCCCC)C(F)(F)F)cc1C. The van der Waals surface area contributed by atoms with Crippen molar-refractivity contribution in [3.05, 3.63) is 52.3 Å². The van der Waals surface area contributed by atoms with Crippen LogP contribution in [0.1, 0.15) is 76.0 Å². The summed E-state index contributed by atoms with van der Waals surface area (Å²) in [4.78, 5) is 0. The van der Waals surface area contributed by atoms with Crippen molar-refractivity contribution >= 4 is 6.08 Å². The van der Waals surface area contributed by atoms with E-state index >= 15 is 0 Å². The average Bonchev–Trinajstić information content (AvgIpc) is 2.65. The van der Waals surface area contributed by atoms with Crippen LogP contribution in [0.25, 0.3) is 6.08 Å². The van der Waals surface area contributed by atoms with E-state index in [0.29, 0.717) is 17.5 Å². The van der Waals surface area contributed by atoms with Gasteiger partial charge in [0.05, 0.1) is 7.11 Å². The Hall–Kier alpha value is -1.97. The molecule has 29 heavy (non-hydrogen) atoms. The molecule has 0 saturated carbocycles. The largest absolute Gasteiger partial charge is 0.496 e. The van der Waals surface area contributed by atoms with E-state index in [1.807, 2.05) is 19.9 Å². The summed E-state index contributed by atoms with van der Waals surface area (Å²) in [5.74, 6) is 0.0297. The molecule has 0 aliphatic heterocycles. The Labute approximate surface area is 172 Å². The molecule has 1 atom stereocenters. The normalized spacial score (nSPS) is 14.2. The van der Waals surface area contributed by atoms with Crippen molar-refractivity contribution in [2.45, 2.75) is 78.0 Å². The molecule has 162 valence electrons. The Morgan fingerprint density at radius 3 is 2.45 bits per heavy atom. The lowest BCUT2D eigenvalue weighted by molar-refractivity contribution is -0.270. The number of rotatable bonds is 10. The van der Waals surface area contributed by atoms with Gasteiger partial charge in [0, 0.05) is 5.56 Å². The van der Waals surface area contributed by atoms with Crippen LogP contribution < -0.4 is 4.74 Å². The number of allylic oxidation sites excluding steroid dienone is 3. The van der Waals surface area contributed by atoms with Crippen LogP contribution in [0.15, 0.2) is 35.6 Å². The Morgan fingerprint density at radius 1 is 1.21 bits per heavy atom. The minimum Gasteiger partial charge on any atom is -0.496 e. The van der Waals surface area contributed by atoms with E-state index < -0.39 is 18.2 Å². The predicted octanol–water partition coefficient (Wildman–Crippen LogP) is 7.25. The third kappa shape index (κ3) is 6.80. The lowest BCUT2D eigenvalue weighted by Gasteiger charge is -2.32. The topological polar surface area (TPSA) is 29.5 Å². The van der Waals surface area contributed by atoms with Crippen molar-refractivity contribution in [1.82, 2.24) is 0 Å². The van der Waals surface area contributed by atoms with Crippen LogP contribution in [-0.4, -0.2) is 18.4 Å². The summed E-state index contributed by atoms with van der Waals surface area (Å²) in [5.41, 5.74) is 2.49. The zero-order chi connectivity index (χ0) is 22.1. The van der Waals surface area contributed by atoms with Crippen LogP contribution in [0.5, 0.6) is 5.75 Å². The van der Waals surface area contributed by atoms with Gasteiger partial charge in [0.2, 0.25) is 0 Å². The molecule has 1 N–H and O–H groups in total. The molecule has 0 bridgehead atoms. The summed E-state index contributed by atoms with van der Waals surface area (Å²) < 4.78 is 46.7. The summed E-state index contributed by atoms with van der Waals surface area (Å²) in [6.45, 7) is 7.75. The summed E-state index contributed by atoms with van der Waals surface area (Å²) >= 11 is 0. The zero-order valence-electron chi connectivity index (χ0n) is 18.1. The molecule has 2 nitrogen and oxygen atoms in total. The van der Waals surface area contributed by atoms with Gasteiger partial charge in [0.25, 0.3) is 0 Å². The molecule has 1 aromatic carbocycles. The van der Waals surface area contributed by atoms with E-state index in [9.17, 15) is 18.3 Å². The van der Waals surface area contributed by atoms with Crippen molar-refractivity contribution in [2.24, 2.45) is 0 Å². The minimum absolute atomic E-state index is 0.0297. The fourth-order valence-corrected chi connectivity index (χ4v) is 3.21. The number of halogens is 3. The number of alkyl halides is 3. The Kier molecular flexibility index (Phi) is 9.75. The number of aliphatic hydroxyl groups is 1. The van der Waals surface area contributed by atoms with Gasteiger partial charge in [-0.15, -0.1) is 5.73 Å². The lowest BCUT2D eigenvalue weighted by Crippen LogP contribution is -2.42. The van der Waals surface area contributed by atoms with Gasteiger partial charge in [0.1, 0.15) is 5.75 Å². The van der Waals surface area contributed by atoms with E-state index in [2.05, 4.69) is 18.7 Å². The molecule has 0 saturated heterocycles. The van der Waals surface area contributed by atoms with Crippen LogP contribution >= 0.6 is 0 Å². The second-order valence-corrected chi connectivity index (χ2v) is 7.40. The van der Waals surface area contributed by atoms with Crippen molar-refractivity contribution in [3.63, 3.8) is 0 Å². The van der Waals surface area contributed by atoms with E-state index in [0.717, 1.165) is 19.3 Å². The highest BCUT2D eigenvalue weighted by atomic mass is 19.4. The molecular formula is C24H33F3O2. The number of methoxy groups -OCH3 is 1. The van der Waals surface area contributed by atoms with Crippen LogP contribution in [0.2, 0.25) is 0 Å². The maximum absolute atomic E-state index is 13.8. The zero-order valence-corrected chi connectivity index (χ0v) is 18.1. The van der Waals surface area contributed by atoms with Crippen molar-refractivity contribution in [1.29, 1.82) is 0 Å². The monoisotopic (exact) mass is 410 g/mol. The third-order valence-corrected chi connectivity index (χ3v) is 4.98. The van der Waals surface area contributed by atoms with Gasteiger partial charge in [-0.3, -0.25) is 0 Å². The van der Waals surface area contributed by atoms with Crippen molar-refractivity contribution < 1.29 is 23.0 Å². The standard InChI is InChI=1S/C24H33F3O2/c1-6-8-11-15-23(28,24(25,26)27)21-16-19(4)20(17-22(21)29-5)14-10-9-13-18(3)12-7-2/h9,12,14,16-17,28H,6-8,11,13,15H2,1-5H3/b18-12+. The molecule has 0 aliphatic carbocycles. The van der Waals surface area contributed by atoms with Gasteiger partial charge in [0.15, 0.2) is 5.60 Å². The Morgan fingerprint density at radius 2 is 1.90 bits per heavy atom. The molecule has 1 rings (SSSR count). The smallest absolute Gasteiger partial charge is 0.421 e. The first kappa shape index (κ1) is 25.1. The number of ether oxygens (including phenoxy) is 1. The predicted molar refractivity (Wildman–Crippen MR) is 113 cm³/mol. The van der Waals surface area contributed by atoms with Crippen molar-refractivity contribution in [2.75, 3.05) is 7.11 Å². The summed E-state index contributed by atoms with van der Waals surface area (Å²) in [5, 5.41) is 10.7. The maximum atomic E-state index is 13.8. The number of hydrogen-bond acceptors (Lipinski definition) is 2. The lowest BCUT2D eigenvalue weighted by atomic mass is 9.85. The van der Waals surface area contributed by atoms with Crippen LogP contribution in [0.4, 0.5) is 13.2 Å². The van der Waals surface area contributed by atoms with E-state index in [-0.39, 0.29) is 17.7 Å². The van der Waals surface area contributed by atoms with E-state index in [1.165, 1.54) is 24.8 Å². The van der Waals surface area contributed by atoms with E-state index in [1.54, 1.807) is 13.0 Å². The number of unbranched alkanes of at least 4 members (excludes halogenated alkanes) is 2. The Balaban J connectivity index is 3.31. The molecule has 1 aromatic rings. The molecule has 5 heteroatoms. The highest BCUT2D eigenvalue weighted by molar-refractivity contribution is 5.59. The minimum atomic E-state index is -4.79. The van der Waals surface area contributed by atoms with Gasteiger partial charge >= 0.3 is 6.18 Å². The van der Waals surface area contributed by atoms with Crippen LogP contribution in [0, 0.1) is 6.92 Å². The first-order valence-electron chi connectivity index (χ1n) is 10.2. The fraction of sp³-hybridized carbons (Fsp3) is 0.542. The van der Waals surface area contributed by atoms with Gasteiger partial charge in [-0.1, -0.05) is 38.3 Å². The van der Waals surface area contributed by atoms with Gasteiger partial charge in [-0.25, -0.2) is 0 Å². The molecule has 0 spiro atoms. The van der Waals surface area contributed by atoms with Gasteiger partial charge < -0.3 is 9.84 Å². The fourth-order valence-electron chi connectivity index (χ4n) is 3.21. The van der Waals surface area contributed by atoms with Crippen LogP contribution in [0.3, 0.4) is 0 Å². The Bertz CT molecular complexity index is 756. The summed E-state index contributed by atoms with van der Waals surface area (Å²) in [6, 6.07) is 2.92. The highest BCUT2D eigenvalue weighted by Crippen LogP contribution is 2.46. The number of hydrogen-bond donors (Lipinski definition) is 1. The number of aryl methyl sites for hydroxylation is 1. The average molecular weight is 411 g/mol. The number of benzene rings is 1. The van der Waals surface area contributed by atoms with Crippen molar-refractivity contribution in [3.8, 4) is 5.75 Å². The summed E-state index contributed by atoms with van der Waals surface area (Å²) in [7, 11) is 1.32. The second-order valence-electron chi connectivity index (χ2n) is 7.40. The quantitative estimate of drug-likeness (QED) is 0.250. The molecule has 0 aromatic heterocycles. The first-order valence-corrected chi connectivity index (χ1v) is 10.2. The van der Waals surface area contributed by atoms with Crippen LogP contribution in [-0.2, 0) is 5.60 Å². The third-order valence-electron chi connectivity index (χ3n) is 4.98. The highest BCUT2D eigenvalue weighted by Gasteiger charge is 2.55. The molecule has 1 unspecified atom stereocenters. The molecule has 0 amide bonds. The first-order chi connectivity index (χ1) is 13.6. The summed E-state index contributed by atoms with van der Waals surface area (Å²) in [6.07, 6.45) is 3.99. The van der Waals surface area contributed by atoms with Gasteiger partial charge in [-0.05, 0) is 74.9 Å². The molecule has 0 aliphatic rings. The second kappa shape index (κ2) is 11.3. The molecular weight excluding hydrogens is 377 g/mol. The molecule has 0 fully saturated rings. The molecule has 0 heterocycles. The molecule has 0 radical (unpaired) electrons.